The molecule has 0 amide bonds. The SMILES string of the molecule is O=C(O)c1cccc2c1CCC(c1ccccc1)N2. The van der Waals surface area contributed by atoms with Gasteiger partial charge in [0.2, 0.25) is 0 Å². The number of rotatable bonds is 2. The smallest absolute Gasteiger partial charge is 0.336 e. The van der Waals surface area contributed by atoms with Gasteiger partial charge in [-0.2, -0.15) is 0 Å². The van der Waals surface area contributed by atoms with E-state index < -0.39 is 5.97 Å². The van der Waals surface area contributed by atoms with E-state index in [2.05, 4.69) is 17.4 Å². The Morgan fingerprint density at radius 2 is 1.89 bits per heavy atom. The molecule has 1 aliphatic rings. The van der Waals surface area contributed by atoms with Crippen LogP contribution in [0.4, 0.5) is 5.69 Å². The Kier molecular flexibility index (Phi) is 2.95. The lowest BCUT2D eigenvalue weighted by Gasteiger charge is -2.28. The van der Waals surface area contributed by atoms with Gasteiger partial charge in [0.05, 0.1) is 11.6 Å². The summed E-state index contributed by atoms with van der Waals surface area (Å²) in [5.74, 6) is -0.850. The molecule has 2 aromatic carbocycles. The molecular weight excluding hydrogens is 238 g/mol. The first kappa shape index (κ1) is 11.8. The largest absolute Gasteiger partial charge is 0.478 e. The Hall–Kier alpha value is -2.29. The number of anilines is 1. The van der Waals surface area contributed by atoms with E-state index in [4.69, 9.17) is 0 Å². The molecule has 3 rings (SSSR count). The van der Waals surface area contributed by atoms with Crippen LogP contribution in [-0.2, 0) is 6.42 Å². The zero-order valence-electron chi connectivity index (χ0n) is 10.5. The van der Waals surface area contributed by atoms with Crippen molar-refractivity contribution in [1.29, 1.82) is 0 Å². The maximum atomic E-state index is 11.2. The van der Waals surface area contributed by atoms with Crippen LogP contribution in [0.3, 0.4) is 0 Å². The molecule has 0 saturated carbocycles. The molecule has 3 heteroatoms. The molecule has 0 saturated heterocycles. The summed E-state index contributed by atoms with van der Waals surface area (Å²) in [6, 6.07) is 15.9. The Balaban J connectivity index is 1.93. The number of hydrogen-bond donors (Lipinski definition) is 2. The molecule has 1 heterocycles. The summed E-state index contributed by atoms with van der Waals surface area (Å²) in [5, 5.41) is 12.6. The van der Waals surface area contributed by atoms with Gasteiger partial charge in [0.15, 0.2) is 0 Å². The van der Waals surface area contributed by atoms with Crippen molar-refractivity contribution in [3.05, 3.63) is 65.2 Å². The van der Waals surface area contributed by atoms with Gasteiger partial charge in [-0.15, -0.1) is 0 Å². The second kappa shape index (κ2) is 4.76. The van der Waals surface area contributed by atoms with Crippen LogP contribution in [0, 0.1) is 0 Å². The predicted octanol–water partition coefficient (Wildman–Crippen LogP) is 3.48. The standard InChI is InChI=1S/C16H15NO2/c18-16(19)13-7-4-8-15-12(13)9-10-14(17-15)11-5-2-1-3-6-11/h1-8,14,17H,9-10H2,(H,18,19). The van der Waals surface area contributed by atoms with E-state index in [0.717, 1.165) is 24.1 Å². The van der Waals surface area contributed by atoms with E-state index >= 15 is 0 Å². The van der Waals surface area contributed by atoms with Crippen LogP contribution in [0.5, 0.6) is 0 Å². The van der Waals surface area contributed by atoms with Gasteiger partial charge in [0.25, 0.3) is 0 Å². The molecule has 2 aromatic rings. The van der Waals surface area contributed by atoms with Crippen LogP contribution < -0.4 is 5.32 Å². The zero-order valence-corrected chi connectivity index (χ0v) is 10.5. The second-order valence-corrected chi connectivity index (χ2v) is 4.78. The first-order valence-electron chi connectivity index (χ1n) is 6.42. The van der Waals surface area contributed by atoms with Gasteiger partial charge in [-0.3, -0.25) is 0 Å². The highest BCUT2D eigenvalue weighted by Gasteiger charge is 2.22. The third-order valence-corrected chi connectivity index (χ3v) is 3.62. The molecule has 3 nitrogen and oxygen atoms in total. The number of carboxylic acid groups (broad SMARTS) is 1. The van der Waals surface area contributed by atoms with E-state index in [0.29, 0.717) is 5.56 Å². The van der Waals surface area contributed by atoms with E-state index in [-0.39, 0.29) is 6.04 Å². The van der Waals surface area contributed by atoms with Crippen LogP contribution in [0.15, 0.2) is 48.5 Å². The molecular formula is C16H15NO2. The summed E-state index contributed by atoms with van der Waals surface area (Å²) in [6.45, 7) is 0. The average Bonchev–Trinajstić information content (AvgIpc) is 2.47. The highest BCUT2D eigenvalue weighted by Crippen LogP contribution is 2.34. The quantitative estimate of drug-likeness (QED) is 0.861. The van der Waals surface area contributed by atoms with E-state index in [1.165, 1.54) is 5.56 Å². The van der Waals surface area contributed by atoms with E-state index in [1.807, 2.05) is 24.3 Å². The molecule has 96 valence electrons. The van der Waals surface area contributed by atoms with Gasteiger partial charge >= 0.3 is 5.97 Å². The van der Waals surface area contributed by atoms with Crippen molar-refractivity contribution in [2.75, 3.05) is 5.32 Å². The number of hydrogen-bond acceptors (Lipinski definition) is 2. The molecule has 1 unspecified atom stereocenters. The maximum Gasteiger partial charge on any atom is 0.336 e. The number of carboxylic acids is 1. The van der Waals surface area contributed by atoms with E-state index in [9.17, 15) is 9.90 Å². The second-order valence-electron chi connectivity index (χ2n) is 4.78. The maximum absolute atomic E-state index is 11.2. The van der Waals surface area contributed by atoms with Crippen LogP contribution in [0.25, 0.3) is 0 Å². The van der Waals surface area contributed by atoms with Gasteiger partial charge in [0.1, 0.15) is 0 Å². The lowest BCUT2D eigenvalue weighted by molar-refractivity contribution is 0.0695. The first-order chi connectivity index (χ1) is 9.25. The van der Waals surface area contributed by atoms with Gasteiger partial charge in [-0.1, -0.05) is 36.4 Å². The number of nitrogens with one attached hydrogen (secondary N) is 1. The molecule has 0 aliphatic carbocycles. The van der Waals surface area contributed by atoms with Crippen LogP contribution in [0.2, 0.25) is 0 Å². The van der Waals surface area contributed by atoms with E-state index in [1.54, 1.807) is 12.1 Å². The lowest BCUT2D eigenvalue weighted by atomic mass is 9.91. The molecule has 1 aliphatic heterocycles. The lowest BCUT2D eigenvalue weighted by Crippen LogP contribution is -2.20. The fourth-order valence-corrected chi connectivity index (χ4v) is 2.68. The average molecular weight is 253 g/mol. The van der Waals surface area contributed by atoms with Crippen molar-refractivity contribution >= 4 is 11.7 Å². The number of aromatic carboxylic acids is 1. The zero-order chi connectivity index (χ0) is 13.2. The summed E-state index contributed by atoms with van der Waals surface area (Å²) in [6.07, 6.45) is 1.71. The highest BCUT2D eigenvalue weighted by molar-refractivity contribution is 5.91. The molecule has 1 atom stereocenters. The summed E-state index contributed by atoms with van der Waals surface area (Å²) >= 11 is 0. The molecule has 0 spiro atoms. The van der Waals surface area contributed by atoms with Crippen molar-refractivity contribution in [3.8, 4) is 0 Å². The molecule has 0 bridgehead atoms. The van der Waals surface area contributed by atoms with Crippen LogP contribution in [-0.4, -0.2) is 11.1 Å². The van der Waals surface area contributed by atoms with Gasteiger partial charge < -0.3 is 10.4 Å². The minimum absolute atomic E-state index is 0.262. The van der Waals surface area contributed by atoms with Gasteiger partial charge in [-0.05, 0) is 36.1 Å². The Morgan fingerprint density at radius 1 is 1.11 bits per heavy atom. The normalized spacial score (nSPS) is 17.4. The topological polar surface area (TPSA) is 49.3 Å². The summed E-state index contributed by atoms with van der Waals surface area (Å²) in [4.78, 5) is 11.2. The number of fused-ring (bicyclic) bond motifs is 1. The molecule has 0 fully saturated rings. The van der Waals surface area contributed by atoms with Crippen molar-refractivity contribution in [2.24, 2.45) is 0 Å². The van der Waals surface area contributed by atoms with Crippen molar-refractivity contribution < 1.29 is 9.90 Å². The summed E-state index contributed by atoms with van der Waals surface area (Å²) in [5.41, 5.74) is 3.52. The van der Waals surface area contributed by atoms with Gasteiger partial charge in [0, 0.05) is 5.69 Å². The summed E-state index contributed by atoms with van der Waals surface area (Å²) in [7, 11) is 0. The van der Waals surface area contributed by atoms with Crippen molar-refractivity contribution in [3.63, 3.8) is 0 Å². The van der Waals surface area contributed by atoms with Crippen molar-refractivity contribution in [2.45, 2.75) is 18.9 Å². The van der Waals surface area contributed by atoms with Crippen molar-refractivity contribution in [1.82, 2.24) is 0 Å². The molecule has 0 aromatic heterocycles. The highest BCUT2D eigenvalue weighted by atomic mass is 16.4. The predicted molar refractivity (Wildman–Crippen MR) is 74.5 cm³/mol. The van der Waals surface area contributed by atoms with Gasteiger partial charge in [-0.25, -0.2) is 4.79 Å². The Morgan fingerprint density at radius 3 is 2.63 bits per heavy atom. The Labute approximate surface area is 111 Å². The molecule has 19 heavy (non-hydrogen) atoms. The van der Waals surface area contributed by atoms with Crippen LogP contribution in [0.1, 0.15) is 33.9 Å². The third kappa shape index (κ3) is 2.19. The minimum Gasteiger partial charge on any atom is -0.478 e. The molecule has 0 radical (unpaired) electrons. The number of benzene rings is 2. The summed E-state index contributed by atoms with van der Waals surface area (Å²) < 4.78 is 0. The fraction of sp³-hybridized carbons (Fsp3) is 0.188. The third-order valence-electron chi connectivity index (χ3n) is 3.62. The fourth-order valence-electron chi connectivity index (χ4n) is 2.68. The monoisotopic (exact) mass is 253 g/mol. The first-order valence-corrected chi connectivity index (χ1v) is 6.42. The minimum atomic E-state index is -0.850. The Bertz CT molecular complexity index is 607. The molecule has 2 N–H and O–H groups in total. The number of carbonyl (C=O) groups is 1. The van der Waals surface area contributed by atoms with Crippen LogP contribution >= 0.6 is 0 Å².